The van der Waals surface area contributed by atoms with E-state index < -0.39 is 5.97 Å². The largest absolute Gasteiger partial charge is 0.481 e. The molecule has 3 nitrogen and oxygen atoms in total. The van der Waals surface area contributed by atoms with Gasteiger partial charge in [0.2, 0.25) is 0 Å². The second kappa shape index (κ2) is 37.6. The Morgan fingerprint density at radius 3 is 0.884 bits per heavy atom. The maximum Gasteiger partial charge on any atom is 0.303 e. The molecular formula is C40H83NO2. The van der Waals surface area contributed by atoms with Crippen molar-refractivity contribution in [3.63, 3.8) is 0 Å². The quantitative estimate of drug-likeness (QED) is 0.0752. The number of carbonyl (C=O) groups is 1. The molecule has 0 heterocycles. The van der Waals surface area contributed by atoms with Gasteiger partial charge < -0.3 is 5.11 Å². The Morgan fingerprint density at radius 1 is 0.419 bits per heavy atom. The highest BCUT2D eigenvalue weighted by atomic mass is 16.4. The summed E-state index contributed by atoms with van der Waals surface area (Å²) in [6.07, 6.45) is 40.5. The monoisotopic (exact) mass is 610 g/mol. The first-order chi connectivity index (χ1) is 20.9. The molecular weight excluding hydrogens is 526 g/mol. The van der Waals surface area contributed by atoms with Crippen LogP contribution in [0.5, 0.6) is 0 Å². The normalized spacial score (nSPS) is 11.5. The fourth-order valence-electron chi connectivity index (χ4n) is 6.25. The Kier molecular flexibility index (Phi) is 39.0. The van der Waals surface area contributed by atoms with Gasteiger partial charge in [0.15, 0.2) is 0 Å². The Labute approximate surface area is 273 Å². The highest BCUT2D eigenvalue weighted by Gasteiger charge is 2.11. The van der Waals surface area contributed by atoms with Gasteiger partial charge in [-0.15, -0.1) is 0 Å². The van der Waals surface area contributed by atoms with Gasteiger partial charge in [-0.3, -0.25) is 9.69 Å². The molecule has 0 atom stereocenters. The van der Waals surface area contributed by atoms with Crippen LogP contribution in [0.2, 0.25) is 0 Å². The third-order valence-corrected chi connectivity index (χ3v) is 9.09. The highest BCUT2D eigenvalue weighted by Crippen LogP contribution is 2.15. The number of carboxylic acid groups (broad SMARTS) is 1. The van der Waals surface area contributed by atoms with Gasteiger partial charge in [0.25, 0.3) is 0 Å². The molecule has 3 heteroatoms. The molecule has 260 valence electrons. The van der Waals surface area contributed by atoms with Crippen LogP contribution >= 0.6 is 0 Å². The first-order valence-electron chi connectivity index (χ1n) is 19.8. The van der Waals surface area contributed by atoms with E-state index in [1.54, 1.807) is 0 Å². The van der Waals surface area contributed by atoms with Crippen LogP contribution in [-0.2, 0) is 4.79 Å². The number of unbranched alkanes of at least 4 members (excludes halogenated alkanes) is 27. The van der Waals surface area contributed by atoms with E-state index in [1.165, 1.54) is 180 Å². The van der Waals surface area contributed by atoms with E-state index in [2.05, 4.69) is 46.4 Å². The van der Waals surface area contributed by atoms with Crippen LogP contribution in [0.25, 0.3) is 0 Å². The van der Waals surface area contributed by atoms with Crippen LogP contribution in [-0.4, -0.2) is 34.6 Å². The second-order valence-corrected chi connectivity index (χ2v) is 14.1. The van der Waals surface area contributed by atoms with E-state index in [9.17, 15) is 4.79 Å². The fraction of sp³-hybridized carbons (Fsp3) is 0.975. The van der Waals surface area contributed by atoms with Crippen molar-refractivity contribution in [1.82, 2.24) is 4.90 Å². The first-order valence-corrected chi connectivity index (χ1v) is 19.8. The molecule has 0 aliphatic rings. The Hall–Kier alpha value is -0.570. The smallest absolute Gasteiger partial charge is 0.303 e. The van der Waals surface area contributed by atoms with E-state index in [0.717, 1.165) is 12.8 Å². The average molecular weight is 610 g/mol. The lowest BCUT2D eigenvalue weighted by Crippen LogP contribution is -2.37. The van der Waals surface area contributed by atoms with Gasteiger partial charge in [-0.2, -0.15) is 0 Å². The van der Waals surface area contributed by atoms with Crippen molar-refractivity contribution in [2.45, 2.75) is 246 Å². The Morgan fingerprint density at radius 2 is 0.651 bits per heavy atom. The molecule has 0 aromatic carbocycles. The van der Waals surface area contributed by atoms with E-state index >= 15 is 0 Å². The van der Waals surface area contributed by atoms with E-state index in [0.29, 0.717) is 18.5 Å². The molecule has 43 heavy (non-hydrogen) atoms. The minimum absolute atomic E-state index is 0.345. The van der Waals surface area contributed by atoms with Crippen molar-refractivity contribution in [3.8, 4) is 0 Å². The van der Waals surface area contributed by atoms with Gasteiger partial charge >= 0.3 is 5.97 Å². The standard InChI is InChI=1S/C22H47N.C18H36O2/c1-6-7-8-9-10-11-12-13-14-15-16-17-18-19-20-23(21(2)3)22(4)5;1-2-3-4-5-6-7-8-9-10-11-12-13-14-15-16-17-18(19)20/h21-22H,6-20H2,1-5H3;2-17H2,1H3,(H,19,20). The van der Waals surface area contributed by atoms with Crippen molar-refractivity contribution in [1.29, 1.82) is 0 Å². The molecule has 0 unspecified atom stereocenters. The summed E-state index contributed by atoms with van der Waals surface area (Å²) in [6.45, 7) is 15.1. The highest BCUT2D eigenvalue weighted by molar-refractivity contribution is 5.66. The zero-order chi connectivity index (χ0) is 32.2. The zero-order valence-corrected chi connectivity index (χ0v) is 30.9. The molecule has 0 rings (SSSR count). The zero-order valence-electron chi connectivity index (χ0n) is 30.9. The minimum Gasteiger partial charge on any atom is -0.481 e. The fourth-order valence-corrected chi connectivity index (χ4v) is 6.25. The predicted octanol–water partition coefficient (Wildman–Crippen LogP) is 13.9. The van der Waals surface area contributed by atoms with Gasteiger partial charge in [0, 0.05) is 18.5 Å². The number of carboxylic acids is 1. The summed E-state index contributed by atoms with van der Waals surface area (Å²) >= 11 is 0. The number of hydrogen-bond donors (Lipinski definition) is 1. The molecule has 0 saturated heterocycles. The summed E-state index contributed by atoms with van der Waals surface area (Å²) in [5.74, 6) is -0.653. The topological polar surface area (TPSA) is 40.5 Å². The predicted molar refractivity (Wildman–Crippen MR) is 194 cm³/mol. The summed E-state index contributed by atoms with van der Waals surface area (Å²) in [6, 6.07) is 1.38. The maximum atomic E-state index is 10.3. The lowest BCUT2D eigenvalue weighted by atomic mass is 10.0. The molecule has 0 radical (unpaired) electrons. The average Bonchev–Trinajstić information content (AvgIpc) is 2.97. The molecule has 1 N–H and O–H groups in total. The molecule has 0 bridgehead atoms. The van der Waals surface area contributed by atoms with E-state index in [-0.39, 0.29) is 0 Å². The van der Waals surface area contributed by atoms with Gasteiger partial charge in [0.05, 0.1) is 0 Å². The summed E-state index contributed by atoms with van der Waals surface area (Å²) in [5, 5.41) is 8.52. The lowest BCUT2D eigenvalue weighted by molar-refractivity contribution is -0.137. The number of nitrogens with zero attached hydrogens (tertiary/aromatic N) is 1. The van der Waals surface area contributed by atoms with Crippen molar-refractivity contribution in [3.05, 3.63) is 0 Å². The third kappa shape index (κ3) is 39.4. The Bertz CT molecular complexity index is 511. The minimum atomic E-state index is -0.653. The molecule has 0 aliphatic heterocycles. The second-order valence-electron chi connectivity index (χ2n) is 14.1. The van der Waals surface area contributed by atoms with Crippen LogP contribution in [0.3, 0.4) is 0 Å². The molecule has 0 fully saturated rings. The van der Waals surface area contributed by atoms with Crippen molar-refractivity contribution in [2.24, 2.45) is 0 Å². The van der Waals surface area contributed by atoms with Crippen LogP contribution < -0.4 is 0 Å². The lowest BCUT2D eigenvalue weighted by Gasteiger charge is -2.30. The van der Waals surface area contributed by atoms with Gasteiger partial charge in [-0.25, -0.2) is 0 Å². The van der Waals surface area contributed by atoms with Crippen molar-refractivity contribution >= 4 is 5.97 Å². The van der Waals surface area contributed by atoms with Gasteiger partial charge in [-0.05, 0) is 47.1 Å². The summed E-state index contributed by atoms with van der Waals surface area (Å²) in [4.78, 5) is 13.0. The van der Waals surface area contributed by atoms with Crippen LogP contribution in [0.15, 0.2) is 0 Å². The van der Waals surface area contributed by atoms with Crippen molar-refractivity contribution in [2.75, 3.05) is 6.54 Å². The maximum absolute atomic E-state index is 10.3. The molecule has 0 amide bonds. The summed E-state index contributed by atoms with van der Waals surface area (Å²) in [7, 11) is 0. The van der Waals surface area contributed by atoms with Crippen LogP contribution in [0.1, 0.15) is 234 Å². The van der Waals surface area contributed by atoms with E-state index in [4.69, 9.17) is 5.11 Å². The molecule has 0 saturated carbocycles. The first kappa shape index (κ1) is 44.6. The summed E-state index contributed by atoms with van der Waals surface area (Å²) < 4.78 is 0. The SMILES string of the molecule is CCCCCCCCCCCCCCCCCC(=O)O.CCCCCCCCCCCCCCCCN(C(C)C)C(C)C. The number of rotatable bonds is 33. The van der Waals surface area contributed by atoms with Crippen LogP contribution in [0, 0.1) is 0 Å². The molecule has 0 spiro atoms. The molecule has 0 aliphatic carbocycles. The third-order valence-electron chi connectivity index (χ3n) is 9.09. The Balaban J connectivity index is 0. The van der Waals surface area contributed by atoms with E-state index in [1.807, 2.05) is 0 Å². The molecule has 0 aromatic rings. The van der Waals surface area contributed by atoms with Crippen LogP contribution in [0.4, 0.5) is 0 Å². The van der Waals surface area contributed by atoms with Crippen molar-refractivity contribution < 1.29 is 9.90 Å². The van der Waals surface area contributed by atoms with Gasteiger partial charge in [-0.1, -0.05) is 187 Å². The van der Waals surface area contributed by atoms with Gasteiger partial charge in [0.1, 0.15) is 0 Å². The number of hydrogen-bond acceptors (Lipinski definition) is 2. The number of aliphatic carboxylic acids is 1. The summed E-state index contributed by atoms with van der Waals surface area (Å²) in [5.41, 5.74) is 0. The molecule has 0 aromatic heterocycles.